The number of carbonyl (C=O) groups is 1. The van der Waals surface area contributed by atoms with Crippen LogP contribution in [0.25, 0.3) is 0 Å². The van der Waals surface area contributed by atoms with Crippen LogP contribution in [0.4, 0.5) is 0 Å². The van der Waals surface area contributed by atoms with E-state index in [0.29, 0.717) is 11.1 Å². The van der Waals surface area contributed by atoms with Crippen LogP contribution in [-0.4, -0.2) is 32.4 Å². The summed E-state index contributed by atoms with van der Waals surface area (Å²) in [5.41, 5.74) is 2.20. The van der Waals surface area contributed by atoms with E-state index in [2.05, 4.69) is 14.4 Å². The molecule has 0 amide bonds. The second-order valence-electron chi connectivity index (χ2n) is 5.09. The summed E-state index contributed by atoms with van der Waals surface area (Å²) < 4.78 is 36.2. The first-order valence-electron chi connectivity index (χ1n) is 6.94. The van der Waals surface area contributed by atoms with Gasteiger partial charge in [-0.25, -0.2) is 13.2 Å². The average Bonchev–Trinajstić information content (AvgIpc) is 3.05. The van der Waals surface area contributed by atoms with Crippen LogP contribution < -0.4 is 4.72 Å². The Morgan fingerprint density at radius 1 is 1.35 bits per heavy atom. The van der Waals surface area contributed by atoms with Gasteiger partial charge in [0.25, 0.3) is 0 Å². The van der Waals surface area contributed by atoms with Gasteiger partial charge in [-0.1, -0.05) is 35.0 Å². The summed E-state index contributed by atoms with van der Waals surface area (Å²) in [5.74, 6) is -0.851. The Labute approximate surface area is 134 Å². The zero-order chi connectivity index (χ0) is 16.9. The molecule has 8 heteroatoms. The van der Waals surface area contributed by atoms with Crippen molar-refractivity contribution >= 4 is 16.0 Å². The molecule has 2 aromatic rings. The summed E-state index contributed by atoms with van der Waals surface area (Å²) in [7, 11) is -2.47. The molecule has 0 saturated heterocycles. The number of benzene rings is 1. The Bertz CT molecular complexity index is 739. The third-order valence-corrected chi connectivity index (χ3v) is 4.62. The SMILES string of the molecule is COC(=O)C(NS(=O)(=O)CCc1cnoc1)c1ccc(C)cc1. The van der Waals surface area contributed by atoms with Crippen LogP contribution in [0.3, 0.4) is 0 Å². The van der Waals surface area contributed by atoms with Crippen LogP contribution in [0.1, 0.15) is 22.7 Å². The molecule has 0 spiro atoms. The van der Waals surface area contributed by atoms with Crippen LogP contribution >= 0.6 is 0 Å². The van der Waals surface area contributed by atoms with Crippen molar-refractivity contribution in [2.45, 2.75) is 19.4 Å². The Morgan fingerprint density at radius 2 is 2.04 bits per heavy atom. The van der Waals surface area contributed by atoms with E-state index in [9.17, 15) is 13.2 Å². The topological polar surface area (TPSA) is 98.5 Å². The first-order valence-corrected chi connectivity index (χ1v) is 8.59. The van der Waals surface area contributed by atoms with E-state index in [1.165, 1.54) is 19.6 Å². The molecule has 23 heavy (non-hydrogen) atoms. The minimum absolute atomic E-state index is 0.187. The van der Waals surface area contributed by atoms with Crippen LogP contribution in [0.2, 0.25) is 0 Å². The highest BCUT2D eigenvalue weighted by Crippen LogP contribution is 2.17. The highest BCUT2D eigenvalue weighted by atomic mass is 32.2. The van der Waals surface area contributed by atoms with Crippen molar-refractivity contribution in [2.24, 2.45) is 0 Å². The number of rotatable bonds is 7. The van der Waals surface area contributed by atoms with E-state index < -0.39 is 22.0 Å². The zero-order valence-electron chi connectivity index (χ0n) is 12.9. The fraction of sp³-hybridized carbons (Fsp3) is 0.333. The van der Waals surface area contributed by atoms with Crippen molar-refractivity contribution in [3.8, 4) is 0 Å². The molecule has 0 fully saturated rings. The molecule has 1 unspecified atom stereocenters. The van der Waals surface area contributed by atoms with E-state index in [1.807, 2.05) is 6.92 Å². The number of methoxy groups -OCH3 is 1. The first-order chi connectivity index (χ1) is 10.9. The molecule has 124 valence electrons. The minimum Gasteiger partial charge on any atom is -0.468 e. The largest absolute Gasteiger partial charge is 0.468 e. The summed E-state index contributed by atoms with van der Waals surface area (Å²) in [4.78, 5) is 11.9. The molecule has 0 aliphatic rings. The maximum atomic E-state index is 12.2. The molecule has 0 radical (unpaired) electrons. The molecular weight excluding hydrogens is 320 g/mol. The maximum absolute atomic E-state index is 12.2. The summed E-state index contributed by atoms with van der Waals surface area (Å²) in [5, 5.41) is 3.52. The Kier molecular flexibility index (Phi) is 5.51. The third-order valence-electron chi connectivity index (χ3n) is 3.29. The van der Waals surface area contributed by atoms with Gasteiger partial charge in [0.2, 0.25) is 10.0 Å². The number of nitrogens with zero attached hydrogens (tertiary/aromatic N) is 1. The number of ether oxygens (including phenoxy) is 1. The Hall–Kier alpha value is -2.19. The van der Waals surface area contributed by atoms with Crippen LogP contribution in [0.5, 0.6) is 0 Å². The third kappa shape index (κ3) is 4.90. The zero-order valence-corrected chi connectivity index (χ0v) is 13.7. The predicted molar refractivity (Wildman–Crippen MR) is 83.1 cm³/mol. The standard InChI is InChI=1S/C15H18N2O5S/c1-11-3-5-13(6-4-11)14(15(18)21-2)17-23(19,20)8-7-12-9-16-22-10-12/h3-6,9-10,14,17H,7-8H2,1-2H3. The number of aryl methyl sites for hydroxylation is 2. The number of hydrogen-bond donors (Lipinski definition) is 1. The summed E-state index contributed by atoms with van der Waals surface area (Å²) in [6, 6.07) is 5.92. The second-order valence-corrected chi connectivity index (χ2v) is 6.96. The number of aromatic nitrogens is 1. The van der Waals surface area contributed by atoms with Gasteiger partial charge in [-0.2, -0.15) is 4.72 Å². The van der Waals surface area contributed by atoms with Crippen molar-refractivity contribution in [1.82, 2.24) is 9.88 Å². The number of hydrogen-bond acceptors (Lipinski definition) is 6. The van der Waals surface area contributed by atoms with Crippen LogP contribution in [0, 0.1) is 6.92 Å². The smallest absolute Gasteiger partial charge is 0.328 e. The monoisotopic (exact) mass is 338 g/mol. The lowest BCUT2D eigenvalue weighted by molar-refractivity contribution is -0.142. The lowest BCUT2D eigenvalue weighted by atomic mass is 10.1. The molecule has 0 aliphatic heterocycles. The number of carbonyl (C=O) groups excluding carboxylic acids is 1. The van der Waals surface area contributed by atoms with Crippen molar-refractivity contribution in [2.75, 3.05) is 12.9 Å². The fourth-order valence-corrected chi connectivity index (χ4v) is 3.18. The van der Waals surface area contributed by atoms with Gasteiger partial charge in [-0.3, -0.25) is 0 Å². The van der Waals surface area contributed by atoms with Gasteiger partial charge in [-0.15, -0.1) is 0 Å². The van der Waals surface area contributed by atoms with E-state index in [4.69, 9.17) is 4.74 Å². The van der Waals surface area contributed by atoms with Gasteiger partial charge >= 0.3 is 5.97 Å². The predicted octanol–water partition coefficient (Wildman–Crippen LogP) is 1.36. The number of sulfonamides is 1. The number of nitrogens with one attached hydrogen (secondary N) is 1. The first kappa shape index (κ1) is 17.2. The van der Waals surface area contributed by atoms with Gasteiger partial charge in [0, 0.05) is 5.56 Å². The van der Waals surface area contributed by atoms with Gasteiger partial charge in [0.1, 0.15) is 12.3 Å². The van der Waals surface area contributed by atoms with E-state index in [0.717, 1.165) is 5.56 Å². The lowest BCUT2D eigenvalue weighted by Crippen LogP contribution is -2.36. The molecule has 1 aromatic carbocycles. The highest BCUT2D eigenvalue weighted by Gasteiger charge is 2.26. The fourth-order valence-electron chi connectivity index (χ4n) is 1.97. The lowest BCUT2D eigenvalue weighted by Gasteiger charge is -2.17. The van der Waals surface area contributed by atoms with Gasteiger partial charge in [0.05, 0.1) is 19.1 Å². The summed E-state index contributed by atoms with van der Waals surface area (Å²) in [6.07, 6.45) is 3.07. The molecular formula is C15H18N2O5S. The molecule has 1 aromatic heterocycles. The summed E-state index contributed by atoms with van der Waals surface area (Å²) in [6.45, 7) is 1.90. The van der Waals surface area contributed by atoms with Crippen molar-refractivity contribution in [1.29, 1.82) is 0 Å². The van der Waals surface area contributed by atoms with Crippen molar-refractivity contribution in [3.63, 3.8) is 0 Å². The minimum atomic E-state index is -3.69. The van der Waals surface area contributed by atoms with Crippen molar-refractivity contribution < 1.29 is 22.5 Å². The molecule has 0 bridgehead atoms. The van der Waals surface area contributed by atoms with E-state index >= 15 is 0 Å². The molecule has 0 aliphatic carbocycles. The molecule has 0 saturated carbocycles. The quantitative estimate of drug-likeness (QED) is 0.765. The highest BCUT2D eigenvalue weighted by molar-refractivity contribution is 7.89. The van der Waals surface area contributed by atoms with Gasteiger partial charge < -0.3 is 9.26 Å². The molecule has 1 atom stereocenters. The summed E-state index contributed by atoms with van der Waals surface area (Å²) >= 11 is 0. The molecule has 1 N–H and O–H groups in total. The molecule has 2 rings (SSSR count). The Balaban J connectivity index is 2.13. The van der Waals surface area contributed by atoms with E-state index in [-0.39, 0.29) is 12.2 Å². The van der Waals surface area contributed by atoms with Gasteiger partial charge in [0.15, 0.2) is 0 Å². The van der Waals surface area contributed by atoms with Crippen molar-refractivity contribution in [3.05, 3.63) is 53.4 Å². The maximum Gasteiger partial charge on any atom is 0.328 e. The second kappa shape index (κ2) is 7.38. The normalized spacial score (nSPS) is 12.8. The Morgan fingerprint density at radius 3 is 2.61 bits per heavy atom. The average molecular weight is 338 g/mol. The van der Waals surface area contributed by atoms with Crippen LogP contribution in [-0.2, 0) is 26.0 Å². The number of esters is 1. The molecule has 7 nitrogen and oxygen atoms in total. The van der Waals surface area contributed by atoms with Crippen LogP contribution in [0.15, 0.2) is 41.2 Å². The van der Waals surface area contributed by atoms with Gasteiger partial charge in [-0.05, 0) is 18.9 Å². The van der Waals surface area contributed by atoms with E-state index in [1.54, 1.807) is 24.3 Å². The molecule has 1 heterocycles.